The molecule has 0 aromatic heterocycles. The summed E-state index contributed by atoms with van der Waals surface area (Å²) < 4.78 is 5.05. The second-order valence-electron chi connectivity index (χ2n) is 4.92. The molecular weight excluding hydrogens is 190 g/mol. The molecule has 0 aliphatic carbocycles. The van der Waals surface area contributed by atoms with Crippen LogP contribution in [0.25, 0.3) is 0 Å². The number of rotatable bonds is 4. The summed E-state index contributed by atoms with van der Waals surface area (Å²) in [7, 11) is 1.69. The number of nitrogens with two attached hydrogens (primary N) is 1. The lowest BCUT2D eigenvalue weighted by atomic mass is 10.1. The average molecular weight is 215 g/mol. The van der Waals surface area contributed by atoms with E-state index in [0.717, 1.165) is 6.54 Å². The Kier molecular flexibility index (Phi) is 5.65. The van der Waals surface area contributed by atoms with Gasteiger partial charge in [-0.15, -0.1) is 0 Å². The molecule has 90 valence electrons. The number of ether oxygens (including phenoxy) is 1. The van der Waals surface area contributed by atoms with E-state index in [2.05, 4.69) is 23.7 Å². The molecule has 0 fully saturated rings. The maximum atomic E-state index is 5.97. The molecule has 4 nitrogen and oxygen atoms in total. The Balaban J connectivity index is 4.55. The Morgan fingerprint density at radius 2 is 1.93 bits per heavy atom. The Morgan fingerprint density at radius 1 is 1.40 bits per heavy atom. The lowest BCUT2D eigenvalue weighted by Crippen LogP contribution is -2.45. The third-order valence-corrected chi connectivity index (χ3v) is 1.90. The standard InChI is InChI=1S/C11H25N3O/c1-9(2)14(7-8-15-6)10(12)13-11(3,4)5/h9H,7-8H2,1-6H3,(H2,12,13). The Hall–Kier alpha value is -0.770. The highest BCUT2D eigenvalue weighted by molar-refractivity contribution is 5.78. The molecule has 0 spiro atoms. The first-order valence-corrected chi connectivity index (χ1v) is 5.39. The van der Waals surface area contributed by atoms with Crippen LogP contribution in [-0.4, -0.2) is 42.7 Å². The van der Waals surface area contributed by atoms with Gasteiger partial charge in [-0.1, -0.05) is 0 Å². The molecule has 15 heavy (non-hydrogen) atoms. The van der Waals surface area contributed by atoms with Gasteiger partial charge in [-0.2, -0.15) is 0 Å². The molecule has 0 rings (SSSR count). The van der Waals surface area contributed by atoms with Crippen LogP contribution in [0.2, 0.25) is 0 Å². The van der Waals surface area contributed by atoms with Crippen molar-refractivity contribution in [1.29, 1.82) is 0 Å². The van der Waals surface area contributed by atoms with Crippen molar-refractivity contribution in [3.8, 4) is 0 Å². The fourth-order valence-corrected chi connectivity index (χ4v) is 1.23. The molecule has 0 atom stereocenters. The van der Waals surface area contributed by atoms with E-state index >= 15 is 0 Å². The zero-order chi connectivity index (χ0) is 12.1. The van der Waals surface area contributed by atoms with Gasteiger partial charge in [0.25, 0.3) is 0 Å². The van der Waals surface area contributed by atoms with Gasteiger partial charge in [0.05, 0.1) is 12.1 Å². The van der Waals surface area contributed by atoms with Crippen molar-refractivity contribution in [2.24, 2.45) is 10.7 Å². The summed E-state index contributed by atoms with van der Waals surface area (Å²) in [6.45, 7) is 11.7. The summed E-state index contributed by atoms with van der Waals surface area (Å²) in [5.41, 5.74) is 5.83. The van der Waals surface area contributed by atoms with Gasteiger partial charge >= 0.3 is 0 Å². The molecule has 0 bridgehead atoms. The van der Waals surface area contributed by atoms with Gasteiger partial charge in [-0.05, 0) is 34.6 Å². The predicted octanol–water partition coefficient (Wildman–Crippen LogP) is 1.46. The van der Waals surface area contributed by atoms with Crippen LogP contribution < -0.4 is 5.73 Å². The highest BCUT2D eigenvalue weighted by Gasteiger charge is 2.15. The SMILES string of the molecule is COCCN(C(N)=NC(C)(C)C)C(C)C. The van der Waals surface area contributed by atoms with E-state index in [-0.39, 0.29) is 5.54 Å². The average Bonchev–Trinajstić information content (AvgIpc) is 2.00. The van der Waals surface area contributed by atoms with Crippen molar-refractivity contribution in [2.75, 3.05) is 20.3 Å². The molecule has 4 heteroatoms. The zero-order valence-electron chi connectivity index (χ0n) is 10.9. The minimum Gasteiger partial charge on any atom is -0.383 e. The maximum absolute atomic E-state index is 5.97. The van der Waals surface area contributed by atoms with Gasteiger partial charge in [0, 0.05) is 19.7 Å². The maximum Gasteiger partial charge on any atom is 0.192 e. The van der Waals surface area contributed by atoms with Gasteiger partial charge < -0.3 is 15.4 Å². The molecule has 0 saturated heterocycles. The molecule has 2 N–H and O–H groups in total. The number of methoxy groups -OCH3 is 1. The van der Waals surface area contributed by atoms with Crippen molar-refractivity contribution >= 4 is 5.96 Å². The third kappa shape index (κ3) is 6.33. The fourth-order valence-electron chi connectivity index (χ4n) is 1.23. The summed E-state index contributed by atoms with van der Waals surface area (Å²) in [5, 5.41) is 0. The lowest BCUT2D eigenvalue weighted by molar-refractivity contribution is 0.166. The first kappa shape index (κ1) is 14.2. The van der Waals surface area contributed by atoms with E-state index in [1.807, 2.05) is 20.8 Å². The number of nitrogens with zero attached hydrogens (tertiary/aromatic N) is 2. The molecule has 0 radical (unpaired) electrons. The summed E-state index contributed by atoms with van der Waals surface area (Å²) in [5.74, 6) is 0.592. The lowest BCUT2D eigenvalue weighted by Gasteiger charge is -2.29. The number of hydrogen-bond donors (Lipinski definition) is 1. The van der Waals surface area contributed by atoms with E-state index in [1.54, 1.807) is 7.11 Å². The van der Waals surface area contributed by atoms with E-state index in [4.69, 9.17) is 10.5 Å². The van der Waals surface area contributed by atoms with Gasteiger partial charge in [0.15, 0.2) is 5.96 Å². The van der Waals surface area contributed by atoms with Crippen molar-refractivity contribution < 1.29 is 4.74 Å². The van der Waals surface area contributed by atoms with Crippen LogP contribution in [0.1, 0.15) is 34.6 Å². The van der Waals surface area contributed by atoms with Gasteiger partial charge in [-0.25, -0.2) is 4.99 Å². The molecular formula is C11H25N3O. The summed E-state index contributed by atoms with van der Waals surface area (Å²) in [4.78, 5) is 6.50. The highest BCUT2D eigenvalue weighted by atomic mass is 16.5. The second kappa shape index (κ2) is 5.95. The van der Waals surface area contributed by atoms with E-state index in [1.165, 1.54) is 0 Å². The van der Waals surface area contributed by atoms with Crippen LogP contribution in [0.15, 0.2) is 4.99 Å². The Bertz CT molecular complexity index is 206. The minimum absolute atomic E-state index is 0.135. The van der Waals surface area contributed by atoms with Gasteiger partial charge in [0.2, 0.25) is 0 Å². The Morgan fingerprint density at radius 3 is 2.27 bits per heavy atom. The molecule has 0 saturated carbocycles. The van der Waals surface area contributed by atoms with Gasteiger partial charge in [-0.3, -0.25) is 0 Å². The van der Waals surface area contributed by atoms with Crippen molar-refractivity contribution in [3.63, 3.8) is 0 Å². The Labute approximate surface area is 93.5 Å². The molecule has 0 aromatic carbocycles. The number of guanidine groups is 1. The smallest absolute Gasteiger partial charge is 0.192 e. The van der Waals surface area contributed by atoms with Crippen LogP contribution in [-0.2, 0) is 4.74 Å². The van der Waals surface area contributed by atoms with Crippen molar-refractivity contribution in [3.05, 3.63) is 0 Å². The first-order valence-electron chi connectivity index (χ1n) is 5.39. The summed E-state index contributed by atoms with van der Waals surface area (Å²) in [6.07, 6.45) is 0. The van der Waals surface area contributed by atoms with Crippen LogP contribution in [0.4, 0.5) is 0 Å². The predicted molar refractivity (Wildman–Crippen MR) is 65.1 cm³/mol. The fraction of sp³-hybridized carbons (Fsp3) is 0.909. The normalized spacial score (nSPS) is 13.4. The second-order valence-corrected chi connectivity index (χ2v) is 4.92. The molecule has 0 aliphatic rings. The minimum atomic E-state index is -0.135. The summed E-state index contributed by atoms with van der Waals surface area (Å²) in [6, 6.07) is 0.339. The van der Waals surface area contributed by atoms with Gasteiger partial charge in [0.1, 0.15) is 0 Å². The van der Waals surface area contributed by atoms with Crippen molar-refractivity contribution in [1.82, 2.24) is 4.90 Å². The summed E-state index contributed by atoms with van der Waals surface area (Å²) >= 11 is 0. The molecule has 0 aliphatic heterocycles. The quantitative estimate of drug-likeness (QED) is 0.570. The largest absolute Gasteiger partial charge is 0.383 e. The van der Waals surface area contributed by atoms with E-state index in [0.29, 0.717) is 18.6 Å². The monoisotopic (exact) mass is 215 g/mol. The molecule has 0 heterocycles. The number of aliphatic imine (C=N–C) groups is 1. The van der Waals surface area contributed by atoms with Crippen LogP contribution in [0, 0.1) is 0 Å². The van der Waals surface area contributed by atoms with Crippen LogP contribution in [0.5, 0.6) is 0 Å². The topological polar surface area (TPSA) is 50.9 Å². The molecule has 0 unspecified atom stereocenters. The van der Waals surface area contributed by atoms with Crippen LogP contribution in [0.3, 0.4) is 0 Å². The first-order chi connectivity index (χ1) is 6.78. The highest BCUT2D eigenvalue weighted by Crippen LogP contribution is 2.08. The number of hydrogen-bond acceptors (Lipinski definition) is 2. The zero-order valence-corrected chi connectivity index (χ0v) is 10.9. The van der Waals surface area contributed by atoms with Crippen molar-refractivity contribution in [2.45, 2.75) is 46.2 Å². The van der Waals surface area contributed by atoms with E-state index in [9.17, 15) is 0 Å². The third-order valence-electron chi connectivity index (χ3n) is 1.90. The molecule has 0 amide bonds. The molecule has 0 aromatic rings. The van der Waals surface area contributed by atoms with Crippen LogP contribution >= 0.6 is 0 Å². The van der Waals surface area contributed by atoms with E-state index < -0.39 is 0 Å².